The van der Waals surface area contributed by atoms with Crippen LogP contribution >= 0.6 is 23.4 Å². The van der Waals surface area contributed by atoms with Gasteiger partial charge in [0.05, 0.1) is 6.54 Å². The Kier molecular flexibility index (Phi) is 6.58. The highest BCUT2D eigenvalue weighted by molar-refractivity contribution is 7.99. The van der Waals surface area contributed by atoms with Crippen LogP contribution in [0.15, 0.2) is 29.4 Å². The first-order chi connectivity index (χ1) is 12.2. The van der Waals surface area contributed by atoms with E-state index in [0.29, 0.717) is 6.54 Å². The van der Waals surface area contributed by atoms with Crippen molar-refractivity contribution in [2.75, 3.05) is 43.4 Å². The SMILES string of the molecule is Cn1c(CN)nnc1SCCCN1CCN(c2cccc(Cl)c2)CC1. The highest BCUT2D eigenvalue weighted by Gasteiger charge is 2.17. The van der Waals surface area contributed by atoms with Crippen molar-refractivity contribution in [2.24, 2.45) is 12.8 Å². The minimum Gasteiger partial charge on any atom is -0.369 e. The first kappa shape index (κ1) is 18.5. The van der Waals surface area contributed by atoms with Crippen molar-refractivity contribution in [1.82, 2.24) is 19.7 Å². The van der Waals surface area contributed by atoms with Crippen LogP contribution < -0.4 is 10.6 Å². The van der Waals surface area contributed by atoms with Gasteiger partial charge in [0.25, 0.3) is 0 Å². The molecule has 8 heteroatoms. The monoisotopic (exact) mass is 380 g/mol. The van der Waals surface area contributed by atoms with Crippen LogP contribution in [-0.2, 0) is 13.6 Å². The van der Waals surface area contributed by atoms with Gasteiger partial charge in [0.15, 0.2) is 5.16 Å². The number of hydrogen-bond acceptors (Lipinski definition) is 6. The van der Waals surface area contributed by atoms with Gasteiger partial charge in [0, 0.05) is 49.7 Å². The average molecular weight is 381 g/mol. The molecule has 6 nitrogen and oxygen atoms in total. The Balaban J connectivity index is 1.37. The van der Waals surface area contributed by atoms with Gasteiger partial charge in [0.2, 0.25) is 0 Å². The van der Waals surface area contributed by atoms with Crippen LogP contribution in [0, 0.1) is 0 Å². The van der Waals surface area contributed by atoms with Crippen LogP contribution in [0.4, 0.5) is 5.69 Å². The number of rotatable bonds is 7. The minimum atomic E-state index is 0.432. The fourth-order valence-corrected chi connectivity index (χ4v) is 4.04. The molecule has 0 bridgehead atoms. The van der Waals surface area contributed by atoms with E-state index in [0.717, 1.165) is 60.9 Å². The first-order valence-corrected chi connectivity index (χ1v) is 9.97. The Morgan fingerprint density at radius 3 is 2.68 bits per heavy atom. The van der Waals surface area contributed by atoms with E-state index in [1.165, 1.54) is 5.69 Å². The second kappa shape index (κ2) is 8.89. The zero-order valence-corrected chi connectivity index (χ0v) is 16.1. The molecule has 1 saturated heterocycles. The number of halogens is 1. The van der Waals surface area contributed by atoms with Gasteiger partial charge in [-0.2, -0.15) is 0 Å². The molecule has 0 unspecified atom stereocenters. The third-order valence-electron chi connectivity index (χ3n) is 4.50. The summed E-state index contributed by atoms with van der Waals surface area (Å²) in [5.41, 5.74) is 6.85. The number of nitrogens with two attached hydrogens (primary N) is 1. The summed E-state index contributed by atoms with van der Waals surface area (Å²) in [5.74, 6) is 1.88. The highest BCUT2D eigenvalue weighted by atomic mass is 35.5. The van der Waals surface area contributed by atoms with Crippen LogP contribution in [-0.4, -0.2) is 58.1 Å². The average Bonchev–Trinajstić information content (AvgIpc) is 2.99. The lowest BCUT2D eigenvalue weighted by Crippen LogP contribution is -2.46. The predicted octanol–water partition coefficient (Wildman–Crippen LogP) is 2.23. The van der Waals surface area contributed by atoms with Gasteiger partial charge in [0.1, 0.15) is 5.82 Å². The summed E-state index contributed by atoms with van der Waals surface area (Å²) in [6.45, 7) is 5.85. The van der Waals surface area contributed by atoms with E-state index in [-0.39, 0.29) is 0 Å². The molecule has 1 aliphatic heterocycles. The topological polar surface area (TPSA) is 63.2 Å². The van der Waals surface area contributed by atoms with Crippen LogP contribution in [0.2, 0.25) is 5.02 Å². The van der Waals surface area contributed by atoms with E-state index in [1.807, 2.05) is 29.8 Å². The summed E-state index contributed by atoms with van der Waals surface area (Å²) in [6, 6.07) is 8.12. The number of thioether (sulfide) groups is 1. The van der Waals surface area contributed by atoms with Gasteiger partial charge < -0.3 is 15.2 Å². The zero-order chi connectivity index (χ0) is 17.6. The summed E-state index contributed by atoms with van der Waals surface area (Å²) >= 11 is 7.84. The smallest absolute Gasteiger partial charge is 0.190 e. The van der Waals surface area contributed by atoms with Gasteiger partial charge in [-0.05, 0) is 31.2 Å². The molecule has 0 aliphatic carbocycles. The molecule has 0 amide bonds. The number of anilines is 1. The molecule has 3 rings (SSSR count). The van der Waals surface area contributed by atoms with Crippen molar-refractivity contribution in [3.8, 4) is 0 Å². The summed E-state index contributed by atoms with van der Waals surface area (Å²) in [4.78, 5) is 4.94. The standard InChI is InChI=1S/C17H25ClN6S/c1-22-16(13-19)20-21-17(22)25-11-3-6-23-7-9-24(10-8-23)15-5-2-4-14(18)12-15/h2,4-5,12H,3,6-11,13,19H2,1H3. The zero-order valence-electron chi connectivity index (χ0n) is 14.6. The van der Waals surface area contributed by atoms with Crippen molar-refractivity contribution in [1.29, 1.82) is 0 Å². The number of nitrogens with zero attached hydrogens (tertiary/aromatic N) is 5. The van der Waals surface area contributed by atoms with Gasteiger partial charge in [-0.1, -0.05) is 29.4 Å². The first-order valence-electron chi connectivity index (χ1n) is 8.61. The van der Waals surface area contributed by atoms with Gasteiger partial charge in [-0.3, -0.25) is 4.90 Å². The van der Waals surface area contributed by atoms with E-state index in [9.17, 15) is 0 Å². The summed E-state index contributed by atoms with van der Waals surface area (Å²) in [7, 11) is 1.97. The van der Waals surface area contributed by atoms with Crippen LogP contribution in [0.1, 0.15) is 12.2 Å². The highest BCUT2D eigenvalue weighted by Crippen LogP contribution is 2.21. The Morgan fingerprint density at radius 2 is 2.00 bits per heavy atom. The van der Waals surface area contributed by atoms with Crippen LogP contribution in [0.3, 0.4) is 0 Å². The molecule has 1 aliphatic rings. The van der Waals surface area contributed by atoms with Crippen LogP contribution in [0.5, 0.6) is 0 Å². The second-order valence-corrected chi connectivity index (χ2v) is 7.67. The molecule has 2 aromatic rings. The molecule has 0 radical (unpaired) electrons. The van der Waals surface area contributed by atoms with E-state index < -0.39 is 0 Å². The quantitative estimate of drug-likeness (QED) is 0.587. The maximum atomic E-state index is 6.09. The second-order valence-electron chi connectivity index (χ2n) is 6.17. The molecule has 2 heterocycles. The number of hydrogen-bond donors (Lipinski definition) is 1. The molecule has 2 N–H and O–H groups in total. The summed E-state index contributed by atoms with van der Waals surface area (Å²) in [6.07, 6.45) is 1.15. The lowest BCUT2D eigenvalue weighted by molar-refractivity contribution is 0.259. The van der Waals surface area contributed by atoms with Crippen molar-refractivity contribution in [3.63, 3.8) is 0 Å². The summed E-state index contributed by atoms with van der Waals surface area (Å²) < 4.78 is 1.98. The van der Waals surface area contributed by atoms with Crippen molar-refractivity contribution < 1.29 is 0 Å². The van der Waals surface area contributed by atoms with Gasteiger partial charge in [-0.15, -0.1) is 10.2 Å². The number of piperazine rings is 1. The largest absolute Gasteiger partial charge is 0.369 e. The third kappa shape index (κ3) is 4.88. The number of aromatic nitrogens is 3. The summed E-state index contributed by atoms with van der Waals surface area (Å²) in [5, 5.41) is 10.0. The van der Waals surface area contributed by atoms with Crippen molar-refractivity contribution in [3.05, 3.63) is 35.1 Å². The number of benzene rings is 1. The normalized spacial score (nSPS) is 15.7. The molecule has 0 saturated carbocycles. The van der Waals surface area contributed by atoms with E-state index in [4.69, 9.17) is 17.3 Å². The molecular formula is C17H25ClN6S. The molecule has 1 fully saturated rings. The van der Waals surface area contributed by atoms with E-state index in [2.05, 4.69) is 26.1 Å². The molecule has 1 aromatic heterocycles. The Labute approximate surface area is 158 Å². The fraction of sp³-hybridized carbons (Fsp3) is 0.529. The maximum absolute atomic E-state index is 6.09. The van der Waals surface area contributed by atoms with Crippen LogP contribution in [0.25, 0.3) is 0 Å². The Hall–Kier alpha value is -1.28. The van der Waals surface area contributed by atoms with Crippen molar-refractivity contribution in [2.45, 2.75) is 18.1 Å². The Morgan fingerprint density at radius 1 is 1.20 bits per heavy atom. The van der Waals surface area contributed by atoms with E-state index in [1.54, 1.807) is 11.8 Å². The predicted molar refractivity (Wildman–Crippen MR) is 104 cm³/mol. The van der Waals surface area contributed by atoms with Gasteiger partial charge in [-0.25, -0.2) is 0 Å². The molecule has 136 valence electrons. The molecular weight excluding hydrogens is 356 g/mol. The third-order valence-corrected chi connectivity index (χ3v) is 5.84. The molecule has 0 spiro atoms. The van der Waals surface area contributed by atoms with Crippen molar-refractivity contribution >= 4 is 29.1 Å². The minimum absolute atomic E-state index is 0.432. The van der Waals surface area contributed by atoms with Gasteiger partial charge >= 0.3 is 0 Å². The lowest BCUT2D eigenvalue weighted by Gasteiger charge is -2.36. The maximum Gasteiger partial charge on any atom is 0.190 e. The lowest BCUT2D eigenvalue weighted by atomic mass is 10.2. The van der Waals surface area contributed by atoms with E-state index >= 15 is 0 Å². The molecule has 25 heavy (non-hydrogen) atoms. The fourth-order valence-electron chi connectivity index (χ4n) is 3.00. The molecule has 1 aromatic carbocycles. The molecule has 0 atom stereocenters. The Bertz CT molecular complexity index is 684.